The Hall–Kier alpha value is -1.38. The lowest BCUT2D eigenvalue weighted by Gasteiger charge is -2.16. The molecular formula is C15H19BrN4O2S. The summed E-state index contributed by atoms with van der Waals surface area (Å²) in [5.41, 5.74) is 0.880. The summed E-state index contributed by atoms with van der Waals surface area (Å²) in [5, 5.41) is 7.35. The number of amides is 2. The van der Waals surface area contributed by atoms with E-state index in [0.29, 0.717) is 12.4 Å². The van der Waals surface area contributed by atoms with Crippen LogP contribution in [0.5, 0.6) is 0 Å². The van der Waals surface area contributed by atoms with Gasteiger partial charge in [-0.3, -0.25) is 10.00 Å². The summed E-state index contributed by atoms with van der Waals surface area (Å²) in [6, 6.07) is 5.74. The van der Waals surface area contributed by atoms with Crippen molar-refractivity contribution in [1.29, 1.82) is 0 Å². The van der Waals surface area contributed by atoms with E-state index in [-0.39, 0.29) is 12.1 Å². The van der Waals surface area contributed by atoms with E-state index in [1.54, 1.807) is 28.0 Å². The number of hydrogen-bond donors (Lipinski definition) is 1. The molecule has 1 saturated heterocycles. The lowest BCUT2D eigenvalue weighted by atomic mass is 10.2. The number of nitrogens with zero attached hydrogens (tertiary/aromatic N) is 3. The molecule has 8 heteroatoms. The summed E-state index contributed by atoms with van der Waals surface area (Å²) in [4.78, 5) is 15.1. The summed E-state index contributed by atoms with van der Waals surface area (Å²) < 4.78 is 8.39. The van der Waals surface area contributed by atoms with Crippen molar-refractivity contribution in [3.8, 4) is 0 Å². The first kappa shape index (κ1) is 16.5. The number of urea groups is 1. The standard InChI is InChI=1S/C15H19BrN4O2S/c1-19(9-10-5-6-13(16)23-10)15(21)17-14-8-11(18-20(14)2)12-4-3-7-22-12/h5-6,8,12H,3-4,7,9H2,1-2H3,(H,17,21). The molecule has 2 amide bonds. The number of carbonyl (C=O) groups excluding carboxylic acids is 1. The first-order valence-corrected chi connectivity index (χ1v) is 9.06. The molecule has 1 N–H and O–H groups in total. The zero-order valence-corrected chi connectivity index (χ0v) is 15.5. The molecule has 1 atom stereocenters. The van der Waals surface area contributed by atoms with Gasteiger partial charge in [-0.25, -0.2) is 4.79 Å². The molecule has 0 bridgehead atoms. The summed E-state index contributed by atoms with van der Waals surface area (Å²) in [6.07, 6.45) is 2.09. The van der Waals surface area contributed by atoms with Gasteiger partial charge in [-0.2, -0.15) is 5.10 Å². The van der Waals surface area contributed by atoms with Gasteiger partial charge in [0.25, 0.3) is 0 Å². The van der Waals surface area contributed by atoms with Gasteiger partial charge in [0, 0.05) is 31.6 Å². The largest absolute Gasteiger partial charge is 0.372 e. The molecule has 1 aliphatic heterocycles. The van der Waals surface area contributed by atoms with Crippen LogP contribution in [0.2, 0.25) is 0 Å². The van der Waals surface area contributed by atoms with Gasteiger partial charge >= 0.3 is 6.03 Å². The molecule has 2 aromatic rings. The van der Waals surface area contributed by atoms with Crippen molar-refractivity contribution in [1.82, 2.24) is 14.7 Å². The number of ether oxygens (including phenoxy) is 1. The Balaban J connectivity index is 1.62. The maximum absolute atomic E-state index is 12.3. The molecule has 23 heavy (non-hydrogen) atoms. The van der Waals surface area contributed by atoms with Crippen LogP contribution in [0.3, 0.4) is 0 Å². The van der Waals surface area contributed by atoms with Crippen molar-refractivity contribution in [2.45, 2.75) is 25.5 Å². The second-order valence-corrected chi connectivity index (χ2v) is 8.12. The van der Waals surface area contributed by atoms with Crippen LogP contribution in [0, 0.1) is 0 Å². The van der Waals surface area contributed by atoms with Gasteiger partial charge < -0.3 is 9.64 Å². The number of halogens is 1. The van der Waals surface area contributed by atoms with E-state index in [9.17, 15) is 4.79 Å². The summed E-state index contributed by atoms with van der Waals surface area (Å²) in [5.74, 6) is 0.680. The molecule has 0 saturated carbocycles. The summed E-state index contributed by atoms with van der Waals surface area (Å²) >= 11 is 5.06. The van der Waals surface area contributed by atoms with Gasteiger partial charge in [0.2, 0.25) is 0 Å². The third-order valence-electron chi connectivity index (χ3n) is 3.76. The van der Waals surface area contributed by atoms with Crippen LogP contribution >= 0.6 is 27.3 Å². The van der Waals surface area contributed by atoms with Crippen LogP contribution < -0.4 is 5.32 Å². The minimum Gasteiger partial charge on any atom is -0.372 e. The lowest BCUT2D eigenvalue weighted by Crippen LogP contribution is -2.31. The predicted molar refractivity (Wildman–Crippen MR) is 93.6 cm³/mol. The van der Waals surface area contributed by atoms with Gasteiger partial charge in [-0.15, -0.1) is 11.3 Å². The number of aromatic nitrogens is 2. The highest BCUT2D eigenvalue weighted by atomic mass is 79.9. The van der Waals surface area contributed by atoms with Crippen LogP contribution in [0.4, 0.5) is 10.6 Å². The first-order valence-electron chi connectivity index (χ1n) is 7.45. The minimum absolute atomic E-state index is 0.0491. The van der Waals surface area contributed by atoms with Crippen LogP contribution in [-0.4, -0.2) is 34.4 Å². The Labute approximate surface area is 147 Å². The molecular weight excluding hydrogens is 380 g/mol. The molecule has 3 heterocycles. The van der Waals surface area contributed by atoms with Crippen LogP contribution in [0.1, 0.15) is 29.5 Å². The predicted octanol–water partition coefficient (Wildman–Crippen LogP) is 3.76. The monoisotopic (exact) mass is 398 g/mol. The number of rotatable bonds is 4. The second kappa shape index (κ2) is 7.02. The molecule has 1 fully saturated rings. The van der Waals surface area contributed by atoms with Crippen molar-refractivity contribution in [3.05, 3.63) is 32.6 Å². The van der Waals surface area contributed by atoms with Gasteiger partial charge in [0.15, 0.2) is 0 Å². The fourth-order valence-corrected chi connectivity index (χ4v) is 4.06. The molecule has 0 aromatic carbocycles. The Kier molecular flexibility index (Phi) is 5.03. The van der Waals surface area contributed by atoms with Gasteiger partial charge in [0.05, 0.1) is 16.0 Å². The number of carbonyl (C=O) groups is 1. The highest BCUT2D eigenvalue weighted by Crippen LogP contribution is 2.29. The van der Waals surface area contributed by atoms with E-state index < -0.39 is 0 Å². The Bertz CT molecular complexity index is 693. The lowest BCUT2D eigenvalue weighted by molar-refractivity contribution is 0.108. The number of nitrogens with one attached hydrogen (secondary N) is 1. The zero-order chi connectivity index (χ0) is 16.4. The molecule has 124 valence electrons. The van der Waals surface area contributed by atoms with E-state index in [1.807, 2.05) is 25.2 Å². The van der Waals surface area contributed by atoms with Gasteiger partial charge in [-0.1, -0.05) is 0 Å². The van der Waals surface area contributed by atoms with Gasteiger partial charge in [0.1, 0.15) is 11.9 Å². The van der Waals surface area contributed by atoms with E-state index in [4.69, 9.17) is 4.74 Å². The SMILES string of the molecule is CN(Cc1ccc(Br)s1)C(=O)Nc1cc(C2CCCO2)nn1C. The number of anilines is 1. The molecule has 6 nitrogen and oxygen atoms in total. The average Bonchev–Trinajstić information content (AvgIpc) is 3.22. The molecule has 0 spiro atoms. The molecule has 3 rings (SSSR count). The maximum atomic E-state index is 12.3. The fraction of sp³-hybridized carbons (Fsp3) is 0.467. The molecule has 0 radical (unpaired) electrons. The minimum atomic E-state index is -0.156. The molecule has 2 aromatic heterocycles. The normalized spacial score (nSPS) is 17.4. The number of thiophene rings is 1. The second-order valence-electron chi connectivity index (χ2n) is 5.57. The van der Waals surface area contributed by atoms with Crippen LogP contribution in [-0.2, 0) is 18.3 Å². The molecule has 1 unspecified atom stereocenters. The van der Waals surface area contributed by atoms with Crippen molar-refractivity contribution in [3.63, 3.8) is 0 Å². The van der Waals surface area contributed by atoms with Crippen molar-refractivity contribution in [2.24, 2.45) is 7.05 Å². The van der Waals surface area contributed by atoms with Crippen LogP contribution in [0.25, 0.3) is 0 Å². The Morgan fingerprint density at radius 2 is 2.43 bits per heavy atom. The third-order valence-corrected chi connectivity index (χ3v) is 5.37. The first-order chi connectivity index (χ1) is 11.0. The smallest absolute Gasteiger partial charge is 0.323 e. The van der Waals surface area contributed by atoms with Crippen LogP contribution in [0.15, 0.2) is 22.0 Å². The van der Waals surface area contributed by atoms with E-state index in [2.05, 4.69) is 26.3 Å². The van der Waals surface area contributed by atoms with Crippen molar-refractivity contribution in [2.75, 3.05) is 19.0 Å². The number of aryl methyl sites for hydroxylation is 1. The maximum Gasteiger partial charge on any atom is 0.323 e. The number of hydrogen-bond acceptors (Lipinski definition) is 4. The quantitative estimate of drug-likeness (QED) is 0.852. The third kappa shape index (κ3) is 3.94. The van der Waals surface area contributed by atoms with Gasteiger partial charge in [-0.05, 0) is 40.9 Å². The topological polar surface area (TPSA) is 59.4 Å². The zero-order valence-electron chi connectivity index (χ0n) is 13.1. The summed E-state index contributed by atoms with van der Waals surface area (Å²) in [6.45, 7) is 1.35. The summed E-state index contributed by atoms with van der Waals surface area (Å²) in [7, 11) is 3.60. The Morgan fingerprint density at radius 3 is 3.09 bits per heavy atom. The van der Waals surface area contributed by atoms with E-state index >= 15 is 0 Å². The van der Waals surface area contributed by atoms with E-state index in [0.717, 1.165) is 33.8 Å². The highest BCUT2D eigenvalue weighted by molar-refractivity contribution is 9.11. The fourth-order valence-electron chi connectivity index (χ4n) is 2.52. The Morgan fingerprint density at radius 1 is 1.61 bits per heavy atom. The van der Waals surface area contributed by atoms with Crippen molar-refractivity contribution < 1.29 is 9.53 Å². The average molecular weight is 399 g/mol. The van der Waals surface area contributed by atoms with E-state index in [1.165, 1.54) is 0 Å². The molecule has 1 aliphatic rings. The molecule has 0 aliphatic carbocycles. The highest BCUT2D eigenvalue weighted by Gasteiger charge is 2.22. The van der Waals surface area contributed by atoms with Crippen molar-refractivity contribution >= 4 is 39.1 Å².